The smallest absolute Gasteiger partial charge is 0.306 e. The molecule has 0 aliphatic carbocycles. The maximum atomic E-state index is 12.9. The number of rotatable bonds is 59. The summed E-state index contributed by atoms with van der Waals surface area (Å²) in [6.07, 6.45) is 92.1. The minimum Gasteiger partial charge on any atom is -0.462 e. The number of allylic oxidation sites excluding steroid dienone is 20. The molecule has 0 aromatic heterocycles. The molecule has 1 atom stereocenters. The molecule has 0 radical (unpaired) electrons. The van der Waals surface area contributed by atoms with Gasteiger partial charge in [0.05, 0.1) is 0 Å². The van der Waals surface area contributed by atoms with Crippen LogP contribution in [0.5, 0.6) is 0 Å². The van der Waals surface area contributed by atoms with Crippen LogP contribution in [-0.2, 0) is 28.6 Å². The summed E-state index contributed by atoms with van der Waals surface area (Å²) in [4.78, 5) is 38.3. The van der Waals surface area contributed by atoms with Crippen molar-refractivity contribution in [2.24, 2.45) is 0 Å². The topological polar surface area (TPSA) is 78.9 Å². The number of ether oxygens (including phenoxy) is 3. The molecule has 6 heteroatoms. The summed E-state index contributed by atoms with van der Waals surface area (Å²) in [5, 5.41) is 0. The molecule has 0 aliphatic heterocycles. The molecule has 0 aromatic rings. The summed E-state index contributed by atoms with van der Waals surface area (Å²) in [5.74, 6) is -0.900. The second-order valence-corrected chi connectivity index (χ2v) is 21.6. The molecule has 0 aliphatic rings. The van der Waals surface area contributed by atoms with Crippen molar-refractivity contribution in [1.82, 2.24) is 0 Å². The highest BCUT2D eigenvalue weighted by atomic mass is 16.6. The van der Waals surface area contributed by atoms with Crippen LogP contribution < -0.4 is 0 Å². The van der Waals surface area contributed by atoms with Crippen molar-refractivity contribution in [2.45, 2.75) is 309 Å². The van der Waals surface area contributed by atoms with Crippen molar-refractivity contribution in [3.05, 3.63) is 122 Å². The van der Waals surface area contributed by atoms with Crippen molar-refractivity contribution in [3.63, 3.8) is 0 Å². The molecule has 0 N–H and O–H groups in total. The Labute approximate surface area is 488 Å². The Morgan fingerprint density at radius 2 is 0.494 bits per heavy atom. The van der Waals surface area contributed by atoms with Gasteiger partial charge in [0, 0.05) is 19.3 Å². The second-order valence-electron chi connectivity index (χ2n) is 21.6. The SMILES string of the molecule is CC/C=C\C/C=C\C/C=C\C/C=C\C/C=C\C/C=C\CCCCCCCCCCCCCCC(=O)OCC(COC(=O)CCCCCCC/C=C\CCCCCC)OC(=O)CCCCCCCCC/C=C\C/C=C\C/C=C\CC. The van der Waals surface area contributed by atoms with Crippen LogP contribution in [-0.4, -0.2) is 37.2 Å². The van der Waals surface area contributed by atoms with E-state index in [0.717, 1.165) is 128 Å². The van der Waals surface area contributed by atoms with Gasteiger partial charge >= 0.3 is 17.9 Å². The normalized spacial score (nSPS) is 12.9. The van der Waals surface area contributed by atoms with E-state index in [9.17, 15) is 14.4 Å². The lowest BCUT2D eigenvalue weighted by Crippen LogP contribution is -2.30. The molecule has 6 nitrogen and oxygen atoms in total. The fourth-order valence-electron chi connectivity index (χ4n) is 9.04. The summed E-state index contributed by atoms with van der Waals surface area (Å²) < 4.78 is 16.9. The predicted molar refractivity (Wildman–Crippen MR) is 343 cm³/mol. The maximum Gasteiger partial charge on any atom is 0.306 e. The standard InChI is InChI=1S/C73H122O6/c1-4-7-10-13-16-19-22-25-27-29-30-31-32-33-34-35-36-37-38-39-40-41-42-44-45-48-51-54-57-60-63-66-72(75)78-69-70(68-77-71(74)65-62-59-56-53-50-47-24-21-18-15-12-9-6-3)79-73(76)67-64-61-58-55-52-49-46-43-28-26-23-20-17-14-11-8-5-2/h7-8,10-11,16-17,19-21,24-28,30-31,33-34,36-37,70H,4-6,9,12-15,18,22-23,29,32,35,38-69H2,1-3H3/b10-7-,11-8-,19-16-,20-17-,24-21-,27-25-,28-26-,31-30-,34-33-,37-36-. The molecule has 0 rings (SSSR count). The predicted octanol–water partition coefficient (Wildman–Crippen LogP) is 22.8. The molecule has 0 saturated heterocycles. The van der Waals surface area contributed by atoms with Crippen LogP contribution >= 0.6 is 0 Å². The van der Waals surface area contributed by atoms with E-state index in [1.165, 1.54) is 135 Å². The molecule has 1 unspecified atom stereocenters. The van der Waals surface area contributed by atoms with Gasteiger partial charge in [-0.1, -0.05) is 277 Å². The fourth-order valence-corrected chi connectivity index (χ4v) is 9.04. The molecule has 0 aromatic carbocycles. The van der Waals surface area contributed by atoms with Gasteiger partial charge in [-0.25, -0.2) is 0 Å². The zero-order chi connectivity index (χ0) is 57.1. The lowest BCUT2D eigenvalue weighted by atomic mass is 10.0. The van der Waals surface area contributed by atoms with Gasteiger partial charge in [-0.05, 0) is 128 Å². The van der Waals surface area contributed by atoms with Crippen LogP contribution in [0.25, 0.3) is 0 Å². The molecule has 0 bridgehead atoms. The van der Waals surface area contributed by atoms with Crippen LogP contribution in [0.1, 0.15) is 303 Å². The van der Waals surface area contributed by atoms with E-state index in [2.05, 4.69) is 142 Å². The number of carbonyl (C=O) groups is 3. The van der Waals surface area contributed by atoms with Crippen molar-refractivity contribution in [2.75, 3.05) is 13.2 Å². The first-order chi connectivity index (χ1) is 39.0. The summed E-state index contributed by atoms with van der Waals surface area (Å²) in [6, 6.07) is 0. The van der Waals surface area contributed by atoms with Crippen molar-refractivity contribution < 1.29 is 28.6 Å². The average Bonchev–Trinajstić information content (AvgIpc) is 3.45. The number of carbonyl (C=O) groups excluding carboxylic acids is 3. The molecule has 0 heterocycles. The van der Waals surface area contributed by atoms with Gasteiger partial charge in [-0.15, -0.1) is 0 Å². The third kappa shape index (κ3) is 64.5. The van der Waals surface area contributed by atoms with Gasteiger partial charge in [-0.3, -0.25) is 14.4 Å². The lowest BCUT2D eigenvalue weighted by Gasteiger charge is -2.18. The van der Waals surface area contributed by atoms with Crippen LogP contribution in [0.2, 0.25) is 0 Å². The van der Waals surface area contributed by atoms with Crippen LogP contribution in [0, 0.1) is 0 Å². The largest absolute Gasteiger partial charge is 0.462 e. The molecule has 450 valence electrons. The first kappa shape index (κ1) is 74.8. The van der Waals surface area contributed by atoms with E-state index in [-0.39, 0.29) is 31.1 Å². The van der Waals surface area contributed by atoms with Gasteiger partial charge in [0.1, 0.15) is 13.2 Å². The number of hydrogen-bond acceptors (Lipinski definition) is 6. The molecular weight excluding hydrogens is 973 g/mol. The monoisotopic (exact) mass is 1090 g/mol. The molecule has 0 spiro atoms. The highest BCUT2D eigenvalue weighted by Crippen LogP contribution is 2.16. The van der Waals surface area contributed by atoms with Crippen molar-refractivity contribution in [3.8, 4) is 0 Å². The summed E-state index contributed by atoms with van der Waals surface area (Å²) in [7, 11) is 0. The van der Waals surface area contributed by atoms with E-state index < -0.39 is 6.10 Å². The fraction of sp³-hybridized carbons (Fsp3) is 0.685. The average molecular weight is 1100 g/mol. The van der Waals surface area contributed by atoms with Gasteiger partial charge in [0.2, 0.25) is 0 Å². The second kappa shape index (κ2) is 66.3. The molecule has 0 saturated carbocycles. The van der Waals surface area contributed by atoms with Crippen molar-refractivity contribution in [1.29, 1.82) is 0 Å². The summed E-state index contributed by atoms with van der Waals surface area (Å²) in [5.41, 5.74) is 0. The van der Waals surface area contributed by atoms with E-state index in [1.807, 2.05) is 0 Å². The summed E-state index contributed by atoms with van der Waals surface area (Å²) >= 11 is 0. The Balaban J connectivity index is 4.26. The minimum absolute atomic E-state index is 0.0863. The van der Waals surface area contributed by atoms with Gasteiger partial charge in [0.15, 0.2) is 6.10 Å². The van der Waals surface area contributed by atoms with Crippen LogP contribution in [0.15, 0.2) is 122 Å². The van der Waals surface area contributed by atoms with Gasteiger partial charge in [-0.2, -0.15) is 0 Å². The Hall–Kier alpha value is -4.19. The van der Waals surface area contributed by atoms with E-state index >= 15 is 0 Å². The molecule has 0 fully saturated rings. The highest BCUT2D eigenvalue weighted by Gasteiger charge is 2.19. The van der Waals surface area contributed by atoms with Crippen LogP contribution in [0.4, 0.5) is 0 Å². The number of unbranched alkanes of at least 4 members (excludes halogenated alkanes) is 28. The quantitative estimate of drug-likeness (QED) is 0.0261. The Morgan fingerprint density at radius 1 is 0.266 bits per heavy atom. The maximum absolute atomic E-state index is 12.9. The molecule has 0 amide bonds. The first-order valence-corrected chi connectivity index (χ1v) is 33.0. The molecular formula is C73H122O6. The Bertz CT molecular complexity index is 1640. The third-order valence-corrected chi connectivity index (χ3v) is 13.9. The minimum atomic E-state index is -0.790. The van der Waals surface area contributed by atoms with Gasteiger partial charge in [0.25, 0.3) is 0 Å². The number of hydrogen-bond donors (Lipinski definition) is 0. The lowest BCUT2D eigenvalue weighted by molar-refractivity contribution is -0.167. The first-order valence-electron chi connectivity index (χ1n) is 33.0. The van der Waals surface area contributed by atoms with Crippen LogP contribution in [0.3, 0.4) is 0 Å². The highest BCUT2D eigenvalue weighted by molar-refractivity contribution is 5.71. The third-order valence-electron chi connectivity index (χ3n) is 13.9. The summed E-state index contributed by atoms with van der Waals surface area (Å²) in [6.45, 7) is 6.40. The Kier molecular flexibility index (Phi) is 62.8. The van der Waals surface area contributed by atoms with Crippen molar-refractivity contribution >= 4 is 17.9 Å². The Morgan fingerprint density at radius 3 is 0.785 bits per heavy atom. The number of esters is 3. The van der Waals surface area contributed by atoms with Gasteiger partial charge < -0.3 is 14.2 Å². The van der Waals surface area contributed by atoms with E-state index in [4.69, 9.17) is 14.2 Å². The molecule has 79 heavy (non-hydrogen) atoms. The van der Waals surface area contributed by atoms with E-state index in [0.29, 0.717) is 19.3 Å². The zero-order valence-corrected chi connectivity index (χ0v) is 51.6. The zero-order valence-electron chi connectivity index (χ0n) is 51.6. The van der Waals surface area contributed by atoms with E-state index in [1.54, 1.807) is 0 Å².